The molecule has 8 heteroatoms. The summed E-state index contributed by atoms with van der Waals surface area (Å²) in [7, 11) is 1.62. The molecule has 0 aliphatic heterocycles. The lowest BCUT2D eigenvalue weighted by molar-refractivity contribution is -0.133. The topological polar surface area (TPSA) is 84.7 Å². The first-order valence-corrected chi connectivity index (χ1v) is 10.9. The van der Waals surface area contributed by atoms with Crippen molar-refractivity contribution < 1.29 is 23.2 Å². The van der Waals surface area contributed by atoms with Gasteiger partial charge in [0.25, 0.3) is 5.91 Å². The molecule has 1 heterocycles. The molecule has 1 N–H and O–H groups in total. The zero-order chi connectivity index (χ0) is 23.2. The van der Waals surface area contributed by atoms with E-state index in [-0.39, 0.29) is 36.4 Å². The highest BCUT2D eigenvalue weighted by molar-refractivity contribution is 5.92. The number of hydrogen-bond acceptors (Lipinski definition) is 5. The van der Waals surface area contributed by atoms with E-state index in [4.69, 9.17) is 9.26 Å². The van der Waals surface area contributed by atoms with E-state index in [1.54, 1.807) is 30.2 Å². The predicted molar refractivity (Wildman–Crippen MR) is 119 cm³/mol. The Morgan fingerprint density at radius 2 is 1.82 bits per heavy atom. The first-order chi connectivity index (χ1) is 16.0. The monoisotopic (exact) mass is 451 g/mol. The van der Waals surface area contributed by atoms with E-state index in [0.29, 0.717) is 18.7 Å². The third kappa shape index (κ3) is 6.19. The van der Waals surface area contributed by atoms with Crippen LogP contribution in [-0.2, 0) is 24.3 Å². The Labute approximate surface area is 191 Å². The van der Waals surface area contributed by atoms with E-state index in [2.05, 4.69) is 10.5 Å². The molecule has 1 aliphatic rings. The molecule has 2 amide bonds. The van der Waals surface area contributed by atoms with Crippen molar-refractivity contribution in [3.8, 4) is 5.75 Å². The van der Waals surface area contributed by atoms with Crippen LogP contribution in [0.15, 0.2) is 59.1 Å². The van der Waals surface area contributed by atoms with Gasteiger partial charge in [-0.15, -0.1) is 0 Å². The van der Waals surface area contributed by atoms with Crippen LogP contribution in [0.2, 0.25) is 0 Å². The fraction of sp³-hybridized carbons (Fsp3) is 0.320. The number of nitrogens with one attached hydrogen (secondary N) is 1. The zero-order valence-corrected chi connectivity index (χ0v) is 18.4. The van der Waals surface area contributed by atoms with E-state index >= 15 is 0 Å². The molecular formula is C25H26FN3O4. The lowest BCUT2D eigenvalue weighted by Crippen LogP contribution is -2.33. The first-order valence-electron chi connectivity index (χ1n) is 10.9. The minimum Gasteiger partial charge on any atom is -0.497 e. The second kappa shape index (κ2) is 10.3. The third-order valence-corrected chi connectivity index (χ3v) is 5.57. The molecule has 0 spiro atoms. The standard InChI is InChI=1S/C25H26FN3O4/c1-32-21-10-4-17(5-11-21)12-13-29(25(31)19-6-7-19)16-22-14-23(28-33-22)24(30)27-15-18-2-8-20(26)9-3-18/h2-5,8-11,14,19H,6-7,12-13,15-16H2,1H3,(H,27,30). The number of methoxy groups -OCH3 is 1. The Bertz CT molecular complexity index is 1090. The van der Waals surface area contributed by atoms with Gasteiger partial charge in [-0.1, -0.05) is 29.4 Å². The number of ether oxygens (including phenoxy) is 1. The summed E-state index contributed by atoms with van der Waals surface area (Å²) in [6.07, 6.45) is 2.51. The van der Waals surface area contributed by atoms with Gasteiger partial charge in [-0.05, 0) is 54.7 Å². The van der Waals surface area contributed by atoms with Crippen molar-refractivity contribution in [3.05, 3.63) is 83.0 Å². The largest absolute Gasteiger partial charge is 0.497 e. The fourth-order valence-corrected chi connectivity index (χ4v) is 3.47. The maximum atomic E-state index is 13.0. The Morgan fingerprint density at radius 3 is 2.48 bits per heavy atom. The summed E-state index contributed by atoms with van der Waals surface area (Å²) in [5.74, 6) is 0.683. The summed E-state index contributed by atoms with van der Waals surface area (Å²) in [4.78, 5) is 27.0. The minimum atomic E-state index is -0.396. The van der Waals surface area contributed by atoms with Gasteiger partial charge in [0.1, 0.15) is 11.6 Å². The molecule has 0 unspecified atom stereocenters. The summed E-state index contributed by atoms with van der Waals surface area (Å²) >= 11 is 0. The van der Waals surface area contributed by atoms with Crippen LogP contribution in [0.5, 0.6) is 5.75 Å². The summed E-state index contributed by atoms with van der Waals surface area (Å²) in [5.41, 5.74) is 2.01. The molecule has 0 atom stereocenters. The highest BCUT2D eigenvalue weighted by atomic mass is 19.1. The number of halogens is 1. The van der Waals surface area contributed by atoms with Crippen molar-refractivity contribution in [2.45, 2.75) is 32.4 Å². The zero-order valence-electron chi connectivity index (χ0n) is 18.4. The normalized spacial score (nSPS) is 12.9. The summed E-state index contributed by atoms with van der Waals surface area (Å²) in [6.45, 7) is 1.04. The van der Waals surface area contributed by atoms with Crippen LogP contribution in [-0.4, -0.2) is 35.5 Å². The average molecular weight is 451 g/mol. The summed E-state index contributed by atoms with van der Waals surface area (Å²) in [5, 5.41) is 6.59. The molecule has 1 saturated carbocycles. The molecule has 0 radical (unpaired) electrons. The van der Waals surface area contributed by atoms with Gasteiger partial charge >= 0.3 is 0 Å². The lowest BCUT2D eigenvalue weighted by Gasteiger charge is -2.21. The van der Waals surface area contributed by atoms with Gasteiger partial charge in [0.05, 0.1) is 13.7 Å². The Hall–Kier alpha value is -3.68. The molecule has 1 aromatic heterocycles. The van der Waals surface area contributed by atoms with Gasteiger partial charge in [-0.25, -0.2) is 4.39 Å². The smallest absolute Gasteiger partial charge is 0.273 e. The molecule has 1 fully saturated rings. The Morgan fingerprint density at radius 1 is 1.12 bits per heavy atom. The molecule has 7 nitrogen and oxygen atoms in total. The van der Waals surface area contributed by atoms with Crippen molar-refractivity contribution in [2.75, 3.05) is 13.7 Å². The number of carbonyl (C=O) groups is 2. The maximum absolute atomic E-state index is 13.0. The van der Waals surface area contributed by atoms with E-state index in [1.807, 2.05) is 24.3 Å². The molecule has 3 aromatic rings. The van der Waals surface area contributed by atoms with Gasteiger partial charge in [-0.3, -0.25) is 9.59 Å². The number of aromatic nitrogens is 1. The predicted octanol–water partition coefficient (Wildman–Crippen LogP) is 3.73. The van der Waals surface area contributed by atoms with Crippen LogP contribution in [0, 0.1) is 11.7 Å². The highest BCUT2D eigenvalue weighted by Gasteiger charge is 2.33. The number of rotatable bonds is 10. The molecule has 2 aromatic carbocycles. The van der Waals surface area contributed by atoms with E-state index in [9.17, 15) is 14.0 Å². The van der Waals surface area contributed by atoms with Gasteiger partial charge in [0.2, 0.25) is 5.91 Å². The number of carbonyl (C=O) groups excluding carboxylic acids is 2. The fourth-order valence-electron chi connectivity index (χ4n) is 3.47. The van der Waals surface area contributed by atoms with Crippen LogP contribution in [0.4, 0.5) is 4.39 Å². The van der Waals surface area contributed by atoms with E-state index < -0.39 is 5.91 Å². The van der Waals surface area contributed by atoms with Gasteiger partial charge in [0, 0.05) is 25.1 Å². The Balaban J connectivity index is 1.35. The van der Waals surface area contributed by atoms with Crippen molar-refractivity contribution >= 4 is 11.8 Å². The molecule has 0 saturated heterocycles. The van der Waals surface area contributed by atoms with Crippen molar-refractivity contribution in [1.82, 2.24) is 15.4 Å². The number of nitrogens with zero attached hydrogens (tertiary/aromatic N) is 2. The van der Waals surface area contributed by atoms with Crippen LogP contribution >= 0.6 is 0 Å². The average Bonchev–Trinajstić information content (AvgIpc) is 3.59. The quantitative estimate of drug-likeness (QED) is 0.508. The van der Waals surface area contributed by atoms with Crippen molar-refractivity contribution in [2.24, 2.45) is 5.92 Å². The molecule has 4 rings (SSSR count). The molecular weight excluding hydrogens is 425 g/mol. The van der Waals surface area contributed by atoms with Crippen LogP contribution < -0.4 is 10.1 Å². The van der Waals surface area contributed by atoms with Gasteiger partial charge in [-0.2, -0.15) is 0 Å². The van der Waals surface area contributed by atoms with Crippen LogP contribution in [0.1, 0.15) is 40.2 Å². The molecule has 1 aliphatic carbocycles. The number of hydrogen-bond donors (Lipinski definition) is 1. The van der Waals surface area contributed by atoms with Crippen molar-refractivity contribution in [3.63, 3.8) is 0 Å². The second-order valence-corrected chi connectivity index (χ2v) is 8.12. The van der Waals surface area contributed by atoms with Gasteiger partial charge in [0.15, 0.2) is 11.5 Å². The molecule has 33 heavy (non-hydrogen) atoms. The van der Waals surface area contributed by atoms with Gasteiger partial charge < -0.3 is 19.5 Å². The van der Waals surface area contributed by atoms with E-state index in [1.165, 1.54) is 12.1 Å². The highest BCUT2D eigenvalue weighted by Crippen LogP contribution is 2.31. The number of benzene rings is 2. The summed E-state index contributed by atoms with van der Waals surface area (Å²) in [6, 6.07) is 15.2. The maximum Gasteiger partial charge on any atom is 0.273 e. The SMILES string of the molecule is COc1ccc(CCN(Cc2cc(C(=O)NCc3ccc(F)cc3)no2)C(=O)C2CC2)cc1. The second-order valence-electron chi connectivity index (χ2n) is 8.12. The van der Waals surface area contributed by atoms with Crippen molar-refractivity contribution in [1.29, 1.82) is 0 Å². The first kappa shape index (κ1) is 22.5. The van der Waals surface area contributed by atoms with Crippen LogP contribution in [0.25, 0.3) is 0 Å². The summed E-state index contributed by atoms with van der Waals surface area (Å²) < 4.78 is 23.5. The molecule has 0 bridgehead atoms. The minimum absolute atomic E-state index is 0.0715. The lowest BCUT2D eigenvalue weighted by atomic mass is 10.1. The van der Waals surface area contributed by atoms with E-state index in [0.717, 1.165) is 29.7 Å². The molecule has 172 valence electrons. The Kier molecular flexibility index (Phi) is 7.02. The van der Waals surface area contributed by atoms with Crippen LogP contribution in [0.3, 0.4) is 0 Å². The third-order valence-electron chi connectivity index (χ3n) is 5.57. The number of amides is 2.